The largest absolute Gasteiger partial charge is 0.481 e. The molecule has 1 aliphatic heterocycles. The molecule has 1 aromatic rings. The quantitative estimate of drug-likeness (QED) is 0.919. The van der Waals surface area contributed by atoms with Crippen molar-refractivity contribution >= 4 is 5.97 Å². The van der Waals surface area contributed by atoms with E-state index < -0.39 is 5.97 Å². The maximum Gasteiger partial charge on any atom is 0.307 e. The van der Waals surface area contributed by atoms with E-state index in [4.69, 9.17) is 0 Å². The summed E-state index contributed by atoms with van der Waals surface area (Å²) in [5, 5.41) is 13.8. The Morgan fingerprint density at radius 1 is 1.50 bits per heavy atom. The summed E-state index contributed by atoms with van der Waals surface area (Å²) in [5.74, 6) is -0.896. The normalized spacial score (nSPS) is 21.9. The minimum absolute atomic E-state index is 0.229. The van der Waals surface area contributed by atoms with Crippen LogP contribution in [0.25, 0.3) is 0 Å². The molecule has 1 saturated heterocycles. The molecule has 5 heteroatoms. The van der Waals surface area contributed by atoms with Gasteiger partial charge in [0.1, 0.15) is 0 Å². The van der Waals surface area contributed by atoms with Gasteiger partial charge in [-0.2, -0.15) is 5.10 Å². The maximum absolute atomic E-state index is 11.2. The van der Waals surface area contributed by atoms with Gasteiger partial charge in [0.25, 0.3) is 0 Å². The minimum atomic E-state index is -0.667. The smallest absolute Gasteiger partial charge is 0.307 e. The third-order valence-corrected chi connectivity index (χ3v) is 4.50. The number of nitrogens with zero attached hydrogens (tertiary/aromatic N) is 3. The minimum Gasteiger partial charge on any atom is -0.481 e. The molecule has 2 unspecified atom stereocenters. The van der Waals surface area contributed by atoms with Gasteiger partial charge in [-0.25, -0.2) is 0 Å². The first kappa shape index (κ1) is 15.0. The number of hydrogen-bond acceptors (Lipinski definition) is 3. The monoisotopic (exact) mass is 279 g/mol. The van der Waals surface area contributed by atoms with E-state index in [1.165, 1.54) is 11.3 Å². The van der Waals surface area contributed by atoms with Crippen LogP contribution in [-0.4, -0.2) is 38.8 Å². The van der Waals surface area contributed by atoms with Crippen molar-refractivity contribution in [2.75, 3.05) is 13.1 Å². The highest BCUT2D eigenvalue weighted by molar-refractivity contribution is 5.70. The molecule has 0 aliphatic carbocycles. The Hall–Kier alpha value is -1.36. The molecule has 0 radical (unpaired) electrons. The molecule has 1 aliphatic rings. The van der Waals surface area contributed by atoms with Gasteiger partial charge in [-0.05, 0) is 47.1 Å². The van der Waals surface area contributed by atoms with E-state index >= 15 is 0 Å². The molecule has 0 saturated carbocycles. The highest BCUT2D eigenvalue weighted by atomic mass is 16.4. The second kappa shape index (κ2) is 5.95. The molecule has 0 amide bonds. The van der Waals surface area contributed by atoms with Gasteiger partial charge in [0, 0.05) is 30.4 Å². The summed E-state index contributed by atoms with van der Waals surface area (Å²) in [5.41, 5.74) is 3.53. The Kier molecular flexibility index (Phi) is 4.48. The van der Waals surface area contributed by atoms with Crippen LogP contribution in [0.2, 0.25) is 0 Å². The molecule has 5 nitrogen and oxygen atoms in total. The predicted octanol–water partition coefficient (Wildman–Crippen LogP) is 2.38. The van der Waals surface area contributed by atoms with Crippen molar-refractivity contribution in [1.82, 2.24) is 14.7 Å². The van der Waals surface area contributed by atoms with Crippen LogP contribution in [0, 0.1) is 19.8 Å². The Balaban J connectivity index is 2.20. The number of carboxylic acids is 1. The molecule has 0 bridgehead atoms. The number of aliphatic carboxylic acids is 1. The van der Waals surface area contributed by atoms with Gasteiger partial charge < -0.3 is 5.11 Å². The summed E-state index contributed by atoms with van der Waals surface area (Å²) in [6.07, 6.45) is 1.76. The lowest BCUT2D eigenvalue weighted by molar-refractivity contribution is -0.143. The highest BCUT2D eigenvalue weighted by Crippen LogP contribution is 2.30. The molecular formula is C15H25N3O2. The second-order valence-electron chi connectivity index (χ2n) is 5.75. The van der Waals surface area contributed by atoms with Crippen LogP contribution in [0.5, 0.6) is 0 Å². The van der Waals surface area contributed by atoms with Crippen molar-refractivity contribution in [2.45, 2.75) is 53.1 Å². The topological polar surface area (TPSA) is 58.4 Å². The molecular weight excluding hydrogens is 254 g/mol. The van der Waals surface area contributed by atoms with Crippen molar-refractivity contribution in [2.24, 2.45) is 5.92 Å². The Labute approximate surface area is 120 Å². The van der Waals surface area contributed by atoms with E-state index in [0.717, 1.165) is 31.6 Å². The summed E-state index contributed by atoms with van der Waals surface area (Å²) in [6.45, 7) is 10.9. The van der Waals surface area contributed by atoms with Gasteiger partial charge in [0.05, 0.1) is 11.6 Å². The molecule has 1 aromatic heterocycles. The van der Waals surface area contributed by atoms with Crippen molar-refractivity contribution in [3.63, 3.8) is 0 Å². The van der Waals surface area contributed by atoms with Crippen LogP contribution in [-0.2, 0) is 11.3 Å². The average molecular weight is 279 g/mol. The molecule has 0 aromatic carbocycles. The van der Waals surface area contributed by atoms with Gasteiger partial charge in [0.15, 0.2) is 0 Å². The second-order valence-corrected chi connectivity index (χ2v) is 5.75. The number of carbonyl (C=O) groups is 1. The fourth-order valence-electron chi connectivity index (χ4n) is 3.37. The molecule has 2 atom stereocenters. The lowest BCUT2D eigenvalue weighted by Gasteiger charge is -2.35. The zero-order valence-corrected chi connectivity index (χ0v) is 12.9. The summed E-state index contributed by atoms with van der Waals surface area (Å²) >= 11 is 0. The summed E-state index contributed by atoms with van der Waals surface area (Å²) in [7, 11) is 0. The standard InChI is InChI=1S/C15H25N3O2/c1-5-18-12(4)14(10(2)16-18)11(3)17-8-6-7-13(9-17)15(19)20/h11,13H,5-9H2,1-4H3,(H,19,20). The molecule has 112 valence electrons. The number of rotatable bonds is 4. The van der Waals surface area contributed by atoms with Crippen LogP contribution in [0.3, 0.4) is 0 Å². The van der Waals surface area contributed by atoms with E-state index in [2.05, 4.69) is 30.8 Å². The molecule has 1 N–H and O–H groups in total. The summed E-state index contributed by atoms with van der Waals surface area (Å²) in [6, 6.07) is 0.234. The number of aromatic nitrogens is 2. The van der Waals surface area contributed by atoms with Crippen molar-refractivity contribution in [1.29, 1.82) is 0 Å². The molecule has 20 heavy (non-hydrogen) atoms. The Bertz CT molecular complexity index is 496. The lowest BCUT2D eigenvalue weighted by atomic mass is 9.95. The van der Waals surface area contributed by atoms with E-state index in [1.807, 2.05) is 11.6 Å². The van der Waals surface area contributed by atoms with Gasteiger partial charge in [-0.1, -0.05) is 0 Å². The Morgan fingerprint density at radius 3 is 2.75 bits per heavy atom. The van der Waals surface area contributed by atoms with Crippen LogP contribution in [0.1, 0.15) is 49.7 Å². The van der Waals surface area contributed by atoms with Crippen LogP contribution < -0.4 is 0 Å². The SMILES string of the molecule is CCn1nc(C)c(C(C)N2CCCC(C(=O)O)C2)c1C. The van der Waals surface area contributed by atoms with E-state index in [1.54, 1.807) is 0 Å². The van der Waals surface area contributed by atoms with Crippen molar-refractivity contribution in [3.8, 4) is 0 Å². The van der Waals surface area contributed by atoms with Gasteiger partial charge in [-0.3, -0.25) is 14.4 Å². The molecule has 2 heterocycles. The third-order valence-electron chi connectivity index (χ3n) is 4.50. The van der Waals surface area contributed by atoms with Crippen LogP contribution >= 0.6 is 0 Å². The van der Waals surface area contributed by atoms with Gasteiger partial charge in [0.2, 0.25) is 0 Å². The first-order valence-corrected chi connectivity index (χ1v) is 7.46. The van der Waals surface area contributed by atoms with Gasteiger partial charge >= 0.3 is 5.97 Å². The zero-order chi connectivity index (χ0) is 14.9. The number of carboxylic acid groups (broad SMARTS) is 1. The van der Waals surface area contributed by atoms with E-state index in [-0.39, 0.29) is 12.0 Å². The third kappa shape index (κ3) is 2.73. The summed E-state index contributed by atoms with van der Waals surface area (Å²) < 4.78 is 2.03. The van der Waals surface area contributed by atoms with Gasteiger partial charge in [-0.15, -0.1) is 0 Å². The molecule has 0 spiro atoms. The highest BCUT2D eigenvalue weighted by Gasteiger charge is 2.30. The van der Waals surface area contributed by atoms with E-state index in [9.17, 15) is 9.90 Å². The fourth-order valence-corrected chi connectivity index (χ4v) is 3.37. The first-order chi connectivity index (χ1) is 9.45. The van der Waals surface area contributed by atoms with E-state index in [0.29, 0.717) is 6.54 Å². The zero-order valence-electron chi connectivity index (χ0n) is 12.9. The number of piperidine rings is 1. The van der Waals surface area contributed by atoms with Crippen molar-refractivity contribution in [3.05, 3.63) is 17.0 Å². The summed E-state index contributed by atoms with van der Waals surface area (Å²) in [4.78, 5) is 13.5. The van der Waals surface area contributed by atoms with Crippen LogP contribution in [0.15, 0.2) is 0 Å². The first-order valence-electron chi connectivity index (χ1n) is 7.46. The molecule has 1 fully saturated rings. The van der Waals surface area contributed by atoms with Crippen LogP contribution in [0.4, 0.5) is 0 Å². The lowest BCUT2D eigenvalue weighted by Crippen LogP contribution is -2.40. The average Bonchev–Trinajstić information content (AvgIpc) is 2.72. The number of aryl methyl sites for hydroxylation is 2. The Morgan fingerprint density at radius 2 is 2.20 bits per heavy atom. The number of likely N-dealkylation sites (tertiary alicyclic amines) is 1. The maximum atomic E-state index is 11.2. The predicted molar refractivity (Wildman–Crippen MR) is 77.7 cm³/mol. The molecule has 2 rings (SSSR count). The fraction of sp³-hybridized carbons (Fsp3) is 0.733. The number of hydrogen-bond donors (Lipinski definition) is 1. The van der Waals surface area contributed by atoms with Crippen molar-refractivity contribution < 1.29 is 9.90 Å².